The molecule has 1 aromatic carbocycles. The summed E-state index contributed by atoms with van der Waals surface area (Å²) in [5.74, 6) is 0.534. The molecule has 1 atom stereocenters. The number of nitriles is 1. The fraction of sp³-hybridized carbons (Fsp3) is 0.588. The fourth-order valence-corrected chi connectivity index (χ4v) is 4.40. The second-order valence-corrected chi connectivity index (χ2v) is 8.19. The van der Waals surface area contributed by atoms with E-state index in [1.54, 1.807) is 12.1 Å². The molecule has 1 aromatic rings. The molecule has 0 amide bonds. The first kappa shape index (κ1) is 17.9. The largest absolute Gasteiger partial charge is 0.305 e. The topological polar surface area (TPSA) is 73.2 Å². The van der Waals surface area contributed by atoms with E-state index in [0.717, 1.165) is 12.8 Å². The summed E-state index contributed by atoms with van der Waals surface area (Å²) < 4.78 is 27.7. The van der Waals surface area contributed by atoms with E-state index < -0.39 is 10.0 Å². The standard InChI is InChI=1S/C17H25N3O2S/c1-20(2)17(15-8-4-3-5-9-15)13-19-23(21,22)16-10-6-7-14(11-16)12-18/h6-7,10-11,15,17,19H,3-5,8-9,13H2,1-2H3/t17-/m1/s1. The van der Waals surface area contributed by atoms with Crippen LogP contribution in [-0.4, -0.2) is 40.0 Å². The lowest BCUT2D eigenvalue weighted by Crippen LogP contribution is -2.45. The van der Waals surface area contributed by atoms with E-state index in [4.69, 9.17) is 5.26 Å². The van der Waals surface area contributed by atoms with Gasteiger partial charge in [0.25, 0.3) is 0 Å². The minimum Gasteiger partial charge on any atom is -0.305 e. The van der Waals surface area contributed by atoms with E-state index in [1.807, 2.05) is 20.2 Å². The van der Waals surface area contributed by atoms with Crippen molar-refractivity contribution in [3.05, 3.63) is 29.8 Å². The maximum absolute atomic E-state index is 12.5. The van der Waals surface area contributed by atoms with Crippen LogP contribution in [0.2, 0.25) is 0 Å². The average molecular weight is 335 g/mol. The molecule has 1 N–H and O–H groups in total. The highest BCUT2D eigenvalue weighted by molar-refractivity contribution is 7.89. The van der Waals surface area contributed by atoms with Gasteiger partial charge >= 0.3 is 0 Å². The number of rotatable bonds is 6. The van der Waals surface area contributed by atoms with Crippen molar-refractivity contribution in [2.45, 2.75) is 43.0 Å². The van der Waals surface area contributed by atoms with Crippen LogP contribution in [0.25, 0.3) is 0 Å². The second kappa shape index (κ2) is 7.91. The SMILES string of the molecule is CN(C)[C@H](CNS(=O)(=O)c1cccc(C#N)c1)C1CCCCC1. The first-order chi connectivity index (χ1) is 10.9. The Morgan fingerprint density at radius 3 is 2.61 bits per heavy atom. The zero-order valence-electron chi connectivity index (χ0n) is 13.8. The Morgan fingerprint density at radius 2 is 2.00 bits per heavy atom. The summed E-state index contributed by atoms with van der Waals surface area (Å²) in [6, 6.07) is 8.30. The summed E-state index contributed by atoms with van der Waals surface area (Å²) in [6.07, 6.45) is 6.06. The van der Waals surface area contributed by atoms with Gasteiger partial charge in [0, 0.05) is 12.6 Å². The Morgan fingerprint density at radius 1 is 1.30 bits per heavy atom. The Balaban J connectivity index is 2.08. The molecule has 0 unspecified atom stereocenters. The normalized spacial score (nSPS) is 17.8. The van der Waals surface area contributed by atoms with E-state index in [9.17, 15) is 8.42 Å². The number of hydrogen-bond acceptors (Lipinski definition) is 4. The summed E-state index contributed by atoms with van der Waals surface area (Å²) in [6.45, 7) is 0.400. The molecule has 0 heterocycles. The molecule has 0 aliphatic heterocycles. The van der Waals surface area contributed by atoms with Gasteiger partial charge in [0.1, 0.15) is 0 Å². The van der Waals surface area contributed by atoms with Gasteiger partial charge in [-0.2, -0.15) is 5.26 Å². The molecule has 1 fully saturated rings. The number of hydrogen-bond donors (Lipinski definition) is 1. The van der Waals surface area contributed by atoms with Gasteiger partial charge in [0.05, 0.1) is 16.5 Å². The van der Waals surface area contributed by atoms with E-state index in [-0.39, 0.29) is 10.9 Å². The molecule has 0 spiro atoms. The van der Waals surface area contributed by atoms with Crippen LogP contribution in [0.15, 0.2) is 29.2 Å². The van der Waals surface area contributed by atoms with Crippen LogP contribution < -0.4 is 4.72 Å². The van der Waals surface area contributed by atoms with Gasteiger partial charge in [-0.05, 0) is 51.1 Å². The molecule has 1 aliphatic carbocycles. The van der Waals surface area contributed by atoms with E-state index in [0.29, 0.717) is 18.0 Å². The van der Waals surface area contributed by atoms with Gasteiger partial charge in [-0.15, -0.1) is 0 Å². The van der Waals surface area contributed by atoms with Crippen molar-refractivity contribution in [1.82, 2.24) is 9.62 Å². The molecule has 5 nitrogen and oxygen atoms in total. The maximum Gasteiger partial charge on any atom is 0.240 e. The van der Waals surface area contributed by atoms with Gasteiger partial charge in [-0.1, -0.05) is 25.3 Å². The monoisotopic (exact) mass is 335 g/mol. The summed E-state index contributed by atoms with van der Waals surface area (Å²) in [5.41, 5.74) is 0.351. The van der Waals surface area contributed by atoms with Crippen molar-refractivity contribution in [2.75, 3.05) is 20.6 Å². The molecule has 1 saturated carbocycles. The molecule has 0 bridgehead atoms. The molecule has 0 aromatic heterocycles. The molecular formula is C17H25N3O2S. The van der Waals surface area contributed by atoms with E-state index in [2.05, 4.69) is 9.62 Å². The maximum atomic E-state index is 12.5. The lowest BCUT2D eigenvalue weighted by atomic mass is 9.83. The third-order valence-electron chi connectivity index (χ3n) is 4.61. The zero-order valence-corrected chi connectivity index (χ0v) is 14.6. The predicted molar refractivity (Wildman–Crippen MR) is 90.4 cm³/mol. The first-order valence-electron chi connectivity index (χ1n) is 8.10. The van der Waals surface area contributed by atoms with Crippen LogP contribution >= 0.6 is 0 Å². The fourth-order valence-electron chi connectivity index (χ4n) is 3.30. The average Bonchev–Trinajstić information content (AvgIpc) is 2.55. The Labute approximate surface area is 139 Å². The van der Waals surface area contributed by atoms with Crippen LogP contribution in [0.4, 0.5) is 0 Å². The third kappa shape index (κ3) is 4.77. The minimum atomic E-state index is -3.59. The van der Waals surface area contributed by atoms with Crippen molar-refractivity contribution in [2.24, 2.45) is 5.92 Å². The highest BCUT2D eigenvalue weighted by Crippen LogP contribution is 2.28. The second-order valence-electron chi connectivity index (χ2n) is 6.42. The highest BCUT2D eigenvalue weighted by atomic mass is 32.2. The molecule has 2 rings (SSSR count). The highest BCUT2D eigenvalue weighted by Gasteiger charge is 2.27. The number of benzene rings is 1. The molecular weight excluding hydrogens is 310 g/mol. The summed E-state index contributed by atoms with van der Waals surface area (Å²) in [4.78, 5) is 2.27. The quantitative estimate of drug-likeness (QED) is 0.866. The first-order valence-corrected chi connectivity index (χ1v) is 9.58. The van der Waals surface area contributed by atoms with Gasteiger partial charge < -0.3 is 4.90 Å². The van der Waals surface area contributed by atoms with Gasteiger partial charge in [0.15, 0.2) is 0 Å². The Kier molecular flexibility index (Phi) is 6.17. The molecule has 1 aliphatic rings. The van der Waals surface area contributed by atoms with Crippen LogP contribution in [0, 0.1) is 17.2 Å². The third-order valence-corrected chi connectivity index (χ3v) is 6.03. The van der Waals surface area contributed by atoms with Crippen molar-refractivity contribution in [3.8, 4) is 6.07 Å². The van der Waals surface area contributed by atoms with Gasteiger partial charge in [-0.25, -0.2) is 13.1 Å². The van der Waals surface area contributed by atoms with Crippen LogP contribution in [0.5, 0.6) is 0 Å². The predicted octanol–water partition coefficient (Wildman–Crippen LogP) is 2.35. The summed E-state index contributed by atoms with van der Waals surface area (Å²) >= 11 is 0. The van der Waals surface area contributed by atoms with E-state index in [1.165, 1.54) is 31.4 Å². The van der Waals surface area contributed by atoms with Crippen molar-refractivity contribution < 1.29 is 8.42 Å². The lowest BCUT2D eigenvalue weighted by Gasteiger charge is -2.34. The van der Waals surface area contributed by atoms with E-state index >= 15 is 0 Å². The lowest BCUT2D eigenvalue weighted by molar-refractivity contribution is 0.172. The number of nitrogens with zero attached hydrogens (tertiary/aromatic N) is 2. The van der Waals surface area contributed by atoms with Crippen molar-refractivity contribution in [3.63, 3.8) is 0 Å². The Bertz CT molecular complexity index is 659. The number of likely N-dealkylation sites (N-methyl/N-ethyl adjacent to an activating group) is 1. The molecule has 0 radical (unpaired) electrons. The van der Waals surface area contributed by atoms with Crippen LogP contribution in [0.1, 0.15) is 37.7 Å². The summed E-state index contributed by atoms with van der Waals surface area (Å²) in [5, 5.41) is 8.92. The molecule has 0 saturated heterocycles. The minimum absolute atomic E-state index is 0.151. The van der Waals surface area contributed by atoms with Crippen molar-refractivity contribution >= 4 is 10.0 Å². The van der Waals surface area contributed by atoms with Crippen molar-refractivity contribution in [1.29, 1.82) is 5.26 Å². The summed E-state index contributed by atoms with van der Waals surface area (Å²) in [7, 11) is 0.420. The van der Waals surface area contributed by atoms with Gasteiger partial charge in [0.2, 0.25) is 10.0 Å². The zero-order chi connectivity index (χ0) is 16.9. The molecule has 23 heavy (non-hydrogen) atoms. The van der Waals surface area contributed by atoms with Crippen LogP contribution in [-0.2, 0) is 10.0 Å². The smallest absolute Gasteiger partial charge is 0.240 e. The number of nitrogens with one attached hydrogen (secondary N) is 1. The number of sulfonamides is 1. The molecule has 126 valence electrons. The van der Waals surface area contributed by atoms with Crippen LogP contribution in [0.3, 0.4) is 0 Å². The Hall–Kier alpha value is -1.42. The van der Waals surface area contributed by atoms with Gasteiger partial charge in [-0.3, -0.25) is 0 Å². The molecule has 6 heteroatoms.